The van der Waals surface area contributed by atoms with Gasteiger partial charge in [-0.05, 0) is 19.9 Å². The van der Waals surface area contributed by atoms with Gasteiger partial charge in [-0.3, -0.25) is 0 Å². The van der Waals surface area contributed by atoms with Gasteiger partial charge in [0.1, 0.15) is 11.1 Å². The Morgan fingerprint density at radius 3 is 2.83 bits per heavy atom. The molecule has 1 aromatic heterocycles. The minimum absolute atomic E-state index is 0.166. The summed E-state index contributed by atoms with van der Waals surface area (Å²) in [6.07, 6.45) is 0. The highest BCUT2D eigenvalue weighted by atomic mass is 32.2. The molecule has 0 unspecified atom stereocenters. The Labute approximate surface area is 109 Å². The van der Waals surface area contributed by atoms with Crippen LogP contribution in [0.4, 0.5) is 0 Å². The van der Waals surface area contributed by atoms with Crippen molar-refractivity contribution in [3.63, 3.8) is 0 Å². The number of pyridine rings is 1. The third kappa shape index (κ3) is 3.22. The standard InChI is InChI=1S/C12H11N3O2S/c1-3-17-12(16)9-6-8(2)15-11(10(9)7-14)18-5-4-13/h6H,3,5H2,1-2H3. The van der Waals surface area contributed by atoms with Gasteiger partial charge in [-0.2, -0.15) is 10.5 Å². The van der Waals surface area contributed by atoms with E-state index in [9.17, 15) is 4.79 Å². The third-order valence-corrected chi connectivity index (χ3v) is 2.84. The van der Waals surface area contributed by atoms with Gasteiger partial charge in [0.2, 0.25) is 0 Å². The summed E-state index contributed by atoms with van der Waals surface area (Å²) in [6, 6.07) is 5.43. The zero-order chi connectivity index (χ0) is 13.5. The lowest BCUT2D eigenvalue weighted by atomic mass is 10.1. The molecular formula is C12H11N3O2S. The second-order valence-corrected chi connectivity index (χ2v) is 4.23. The molecule has 0 atom stereocenters. The molecule has 0 N–H and O–H groups in total. The van der Waals surface area contributed by atoms with Crippen LogP contribution >= 0.6 is 11.8 Å². The van der Waals surface area contributed by atoms with Crippen LogP contribution in [0.2, 0.25) is 0 Å². The summed E-state index contributed by atoms with van der Waals surface area (Å²) in [5.74, 6) is -0.369. The Kier molecular flexibility index (Phi) is 5.16. The Morgan fingerprint density at radius 1 is 1.56 bits per heavy atom. The second-order valence-electron chi connectivity index (χ2n) is 3.27. The normalized spacial score (nSPS) is 9.33. The number of carbonyl (C=O) groups excluding carboxylic acids is 1. The van der Waals surface area contributed by atoms with Crippen LogP contribution < -0.4 is 0 Å². The van der Waals surface area contributed by atoms with Gasteiger partial charge in [0.25, 0.3) is 0 Å². The minimum atomic E-state index is -0.543. The molecule has 0 spiro atoms. The molecular weight excluding hydrogens is 250 g/mol. The summed E-state index contributed by atoms with van der Waals surface area (Å²) in [6.45, 7) is 3.66. The molecule has 92 valence electrons. The summed E-state index contributed by atoms with van der Waals surface area (Å²) >= 11 is 1.13. The zero-order valence-electron chi connectivity index (χ0n) is 10.1. The number of aromatic nitrogens is 1. The Hall–Kier alpha value is -2.05. The van der Waals surface area contributed by atoms with Crippen LogP contribution in [0.25, 0.3) is 0 Å². The Bertz CT molecular complexity index is 543. The number of esters is 1. The van der Waals surface area contributed by atoms with E-state index in [0.29, 0.717) is 10.7 Å². The first-order chi connectivity index (χ1) is 8.63. The van der Waals surface area contributed by atoms with Crippen LogP contribution in [0.5, 0.6) is 0 Å². The van der Waals surface area contributed by atoms with Gasteiger partial charge in [0.15, 0.2) is 0 Å². The number of hydrogen-bond acceptors (Lipinski definition) is 6. The van der Waals surface area contributed by atoms with E-state index in [1.807, 2.05) is 12.1 Å². The van der Waals surface area contributed by atoms with E-state index in [1.165, 1.54) is 6.07 Å². The molecule has 6 heteroatoms. The molecule has 0 aliphatic heterocycles. The first kappa shape index (κ1) is 14.0. The number of thioether (sulfide) groups is 1. The molecule has 0 aliphatic carbocycles. The number of carbonyl (C=O) groups is 1. The fraction of sp³-hybridized carbons (Fsp3) is 0.333. The van der Waals surface area contributed by atoms with Gasteiger partial charge >= 0.3 is 5.97 Å². The second kappa shape index (κ2) is 6.63. The Balaban J connectivity index is 3.26. The maximum absolute atomic E-state index is 11.7. The molecule has 18 heavy (non-hydrogen) atoms. The van der Waals surface area contributed by atoms with Crippen LogP contribution in [-0.4, -0.2) is 23.3 Å². The van der Waals surface area contributed by atoms with Crippen molar-refractivity contribution < 1.29 is 9.53 Å². The maximum atomic E-state index is 11.7. The van der Waals surface area contributed by atoms with Gasteiger partial charge in [-0.1, -0.05) is 11.8 Å². The van der Waals surface area contributed by atoms with E-state index < -0.39 is 5.97 Å². The van der Waals surface area contributed by atoms with Crippen LogP contribution in [0.3, 0.4) is 0 Å². The summed E-state index contributed by atoms with van der Waals surface area (Å²) in [5.41, 5.74) is 0.976. The van der Waals surface area contributed by atoms with Crippen molar-refractivity contribution in [2.45, 2.75) is 18.9 Å². The lowest BCUT2D eigenvalue weighted by molar-refractivity contribution is 0.0525. The number of nitrogens with zero attached hydrogens (tertiary/aromatic N) is 3. The highest BCUT2D eigenvalue weighted by Gasteiger charge is 2.18. The molecule has 0 amide bonds. The van der Waals surface area contributed by atoms with E-state index in [0.717, 1.165) is 11.8 Å². The van der Waals surface area contributed by atoms with Crippen molar-refractivity contribution in [3.05, 3.63) is 22.9 Å². The van der Waals surface area contributed by atoms with E-state index in [4.69, 9.17) is 15.3 Å². The van der Waals surface area contributed by atoms with Gasteiger partial charge in [-0.15, -0.1) is 0 Å². The van der Waals surface area contributed by atoms with Gasteiger partial charge in [-0.25, -0.2) is 9.78 Å². The Morgan fingerprint density at radius 2 is 2.28 bits per heavy atom. The highest BCUT2D eigenvalue weighted by Crippen LogP contribution is 2.24. The van der Waals surface area contributed by atoms with Gasteiger partial charge in [0.05, 0.1) is 29.6 Å². The van der Waals surface area contributed by atoms with E-state index in [2.05, 4.69) is 4.98 Å². The minimum Gasteiger partial charge on any atom is -0.462 e. The fourth-order valence-electron chi connectivity index (χ4n) is 1.33. The summed E-state index contributed by atoms with van der Waals surface area (Å²) in [4.78, 5) is 15.9. The molecule has 0 radical (unpaired) electrons. The quantitative estimate of drug-likeness (QED) is 0.609. The molecule has 0 saturated carbocycles. The first-order valence-corrected chi connectivity index (χ1v) is 6.21. The third-order valence-electron chi connectivity index (χ3n) is 1.99. The molecule has 0 saturated heterocycles. The van der Waals surface area contributed by atoms with Gasteiger partial charge in [0, 0.05) is 5.69 Å². The highest BCUT2D eigenvalue weighted by molar-refractivity contribution is 7.99. The van der Waals surface area contributed by atoms with Crippen molar-refractivity contribution in [2.24, 2.45) is 0 Å². The number of hydrogen-bond donors (Lipinski definition) is 0. The van der Waals surface area contributed by atoms with Crippen LogP contribution in [0.1, 0.15) is 28.5 Å². The van der Waals surface area contributed by atoms with Crippen molar-refractivity contribution >= 4 is 17.7 Å². The molecule has 1 rings (SSSR count). The number of nitriles is 2. The van der Waals surface area contributed by atoms with Crippen LogP contribution in [-0.2, 0) is 4.74 Å². The molecule has 5 nitrogen and oxygen atoms in total. The zero-order valence-corrected chi connectivity index (χ0v) is 10.9. The average Bonchev–Trinajstić information content (AvgIpc) is 2.35. The lowest BCUT2D eigenvalue weighted by Gasteiger charge is -2.08. The van der Waals surface area contributed by atoms with Crippen molar-refractivity contribution in [1.29, 1.82) is 10.5 Å². The van der Waals surface area contributed by atoms with E-state index in [-0.39, 0.29) is 23.5 Å². The summed E-state index contributed by atoms with van der Waals surface area (Å²) in [7, 11) is 0. The van der Waals surface area contributed by atoms with E-state index >= 15 is 0 Å². The topological polar surface area (TPSA) is 86.8 Å². The summed E-state index contributed by atoms with van der Waals surface area (Å²) in [5, 5.41) is 18.1. The van der Waals surface area contributed by atoms with Crippen LogP contribution in [0, 0.1) is 29.6 Å². The van der Waals surface area contributed by atoms with Crippen LogP contribution in [0.15, 0.2) is 11.1 Å². The number of rotatable bonds is 4. The van der Waals surface area contributed by atoms with Crippen molar-refractivity contribution in [1.82, 2.24) is 4.98 Å². The largest absolute Gasteiger partial charge is 0.462 e. The molecule has 1 aromatic rings. The van der Waals surface area contributed by atoms with E-state index in [1.54, 1.807) is 13.8 Å². The fourth-order valence-corrected chi connectivity index (χ4v) is 2.04. The molecule has 1 heterocycles. The molecule has 0 fully saturated rings. The number of ether oxygens (including phenoxy) is 1. The average molecular weight is 261 g/mol. The molecule has 0 bridgehead atoms. The molecule has 0 aliphatic rings. The predicted octanol–water partition coefficient (Wildman–Crippen LogP) is 2.05. The summed E-state index contributed by atoms with van der Waals surface area (Å²) < 4.78 is 4.89. The number of aryl methyl sites for hydroxylation is 1. The van der Waals surface area contributed by atoms with Gasteiger partial charge < -0.3 is 4.74 Å². The lowest BCUT2D eigenvalue weighted by Crippen LogP contribution is -2.09. The van der Waals surface area contributed by atoms with Crippen molar-refractivity contribution in [2.75, 3.05) is 12.4 Å². The van der Waals surface area contributed by atoms with Crippen molar-refractivity contribution in [3.8, 4) is 12.1 Å². The molecule has 0 aromatic carbocycles. The monoisotopic (exact) mass is 261 g/mol. The SMILES string of the molecule is CCOC(=O)c1cc(C)nc(SCC#N)c1C#N. The maximum Gasteiger partial charge on any atom is 0.339 e. The first-order valence-electron chi connectivity index (χ1n) is 5.22. The smallest absolute Gasteiger partial charge is 0.339 e. The predicted molar refractivity (Wildman–Crippen MR) is 66.0 cm³/mol.